The van der Waals surface area contributed by atoms with E-state index in [1.54, 1.807) is 19.3 Å². The molecule has 1 aromatic heterocycles. The summed E-state index contributed by atoms with van der Waals surface area (Å²) in [5, 5.41) is 5.73. The predicted molar refractivity (Wildman–Crippen MR) is 81.1 cm³/mol. The van der Waals surface area contributed by atoms with Crippen LogP contribution in [0.3, 0.4) is 0 Å². The highest BCUT2D eigenvalue weighted by molar-refractivity contribution is 5.76. The first-order chi connectivity index (χ1) is 10.7. The fraction of sp³-hybridized carbons (Fsp3) is 0.250. The number of benzene rings is 1. The Bertz CT molecular complexity index is 600. The van der Waals surface area contributed by atoms with E-state index in [1.165, 1.54) is 24.3 Å². The molecule has 0 atom stereocenters. The molecule has 116 valence electrons. The minimum absolute atomic E-state index is 0.0130. The molecule has 0 saturated heterocycles. The number of nitrogens with one attached hydrogen (secondary N) is 2. The van der Waals surface area contributed by atoms with E-state index in [0.29, 0.717) is 31.1 Å². The molecule has 1 aromatic carbocycles. The molecule has 1 heterocycles. The van der Waals surface area contributed by atoms with Gasteiger partial charge >= 0.3 is 0 Å². The quantitative estimate of drug-likeness (QED) is 0.823. The average molecular weight is 303 g/mol. The zero-order valence-corrected chi connectivity index (χ0v) is 12.3. The van der Waals surface area contributed by atoms with Crippen LogP contribution < -0.4 is 15.4 Å². The van der Waals surface area contributed by atoms with Crippen molar-refractivity contribution >= 4 is 5.91 Å². The van der Waals surface area contributed by atoms with Crippen molar-refractivity contribution in [3.8, 4) is 11.6 Å². The lowest BCUT2D eigenvalue weighted by Crippen LogP contribution is -2.26. The van der Waals surface area contributed by atoms with Gasteiger partial charge in [0, 0.05) is 31.8 Å². The van der Waals surface area contributed by atoms with Gasteiger partial charge < -0.3 is 15.4 Å². The molecule has 1 amide bonds. The number of halogens is 1. The summed E-state index contributed by atoms with van der Waals surface area (Å²) in [7, 11) is 1.80. The second-order valence-electron chi connectivity index (χ2n) is 4.69. The second-order valence-corrected chi connectivity index (χ2v) is 4.69. The van der Waals surface area contributed by atoms with Gasteiger partial charge in [-0.3, -0.25) is 4.79 Å². The van der Waals surface area contributed by atoms with Gasteiger partial charge in [-0.05, 0) is 36.9 Å². The maximum absolute atomic E-state index is 12.8. The Morgan fingerprint density at radius 3 is 2.64 bits per heavy atom. The summed E-state index contributed by atoms with van der Waals surface area (Å²) in [5.74, 6) is 0.601. The third-order valence-corrected chi connectivity index (χ3v) is 2.93. The summed E-state index contributed by atoms with van der Waals surface area (Å²) in [5.41, 5.74) is 0.879. The zero-order chi connectivity index (χ0) is 15.8. The van der Waals surface area contributed by atoms with E-state index in [2.05, 4.69) is 15.6 Å². The van der Waals surface area contributed by atoms with Crippen molar-refractivity contribution in [3.05, 3.63) is 54.0 Å². The lowest BCUT2D eigenvalue weighted by atomic mass is 10.2. The smallest absolute Gasteiger partial charge is 0.221 e. The van der Waals surface area contributed by atoms with Crippen LogP contribution in [0.2, 0.25) is 0 Å². The number of rotatable bonds is 7. The van der Waals surface area contributed by atoms with Gasteiger partial charge in [-0.25, -0.2) is 9.37 Å². The van der Waals surface area contributed by atoms with Crippen LogP contribution in [-0.4, -0.2) is 24.5 Å². The molecule has 0 bridgehead atoms. The van der Waals surface area contributed by atoms with E-state index < -0.39 is 0 Å². The van der Waals surface area contributed by atoms with E-state index in [9.17, 15) is 9.18 Å². The molecule has 22 heavy (non-hydrogen) atoms. The van der Waals surface area contributed by atoms with Gasteiger partial charge in [0.05, 0.1) is 0 Å². The highest BCUT2D eigenvalue weighted by Crippen LogP contribution is 2.19. The molecule has 2 aromatic rings. The number of hydrogen-bond acceptors (Lipinski definition) is 4. The lowest BCUT2D eigenvalue weighted by Gasteiger charge is -2.07. The minimum Gasteiger partial charge on any atom is -0.439 e. The van der Waals surface area contributed by atoms with Crippen molar-refractivity contribution in [2.75, 3.05) is 13.6 Å². The van der Waals surface area contributed by atoms with E-state index in [-0.39, 0.29) is 11.7 Å². The van der Waals surface area contributed by atoms with Crippen molar-refractivity contribution in [1.82, 2.24) is 15.6 Å². The van der Waals surface area contributed by atoms with E-state index in [4.69, 9.17) is 4.74 Å². The number of pyridine rings is 1. The largest absolute Gasteiger partial charge is 0.439 e. The van der Waals surface area contributed by atoms with Crippen molar-refractivity contribution in [2.24, 2.45) is 0 Å². The molecule has 0 saturated carbocycles. The maximum atomic E-state index is 12.8. The van der Waals surface area contributed by atoms with Crippen molar-refractivity contribution < 1.29 is 13.9 Å². The Labute approximate surface area is 128 Å². The Morgan fingerprint density at radius 2 is 2.00 bits per heavy atom. The first-order valence-electron chi connectivity index (χ1n) is 6.97. The van der Waals surface area contributed by atoms with Crippen LogP contribution in [-0.2, 0) is 11.3 Å². The number of nitrogens with zero attached hydrogens (tertiary/aromatic N) is 1. The van der Waals surface area contributed by atoms with Gasteiger partial charge in [0.15, 0.2) is 0 Å². The molecule has 0 fully saturated rings. The van der Waals surface area contributed by atoms with Gasteiger partial charge in [-0.1, -0.05) is 6.07 Å². The van der Waals surface area contributed by atoms with Crippen LogP contribution in [0.4, 0.5) is 4.39 Å². The SMILES string of the molecule is CNCCC(=O)NCc1ccc(Oc2ccc(F)cc2)nc1. The molecular weight excluding hydrogens is 285 g/mol. The summed E-state index contributed by atoms with van der Waals surface area (Å²) in [4.78, 5) is 15.6. The molecule has 0 aliphatic heterocycles. The van der Waals surface area contributed by atoms with Crippen LogP contribution in [0.15, 0.2) is 42.6 Å². The molecule has 2 N–H and O–H groups in total. The maximum Gasteiger partial charge on any atom is 0.221 e. The number of hydrogen-bond donors (Lipinski definition) is 2. The Balaban J connectivity index is 1.85. The second kappa shape index (κ2) is 8.09. The summed E-state index contributed by atoms with van der Waals surface area (Å²) < 4.78 is 18.3. The van der Waals surface area contributed by atoms with Gasteiger partial charge in [-0.15, -0.1) is 0 Å². The van der Waals surface area contributed by atoms with Crippen LogP contribution >= 0.6 is 0 Å². The molecule has 2 rings (SSSR count). The van der Waals surface area contributed by atoms with Gasteiger partial charge in [0.2, 0.25) is 11.8 Å². The molecule has 6 heteroatoms. The van der Waals surface area contributed by atoms with Crippen LogP contribution in [0, 0.1) is 5.82 Å². The molecule has 0 aliphatic carbocycles. The highest BCUT2D eigenvalue weighted by Gasteiger charge is 2.02. The predicted octanol–water partition coefficient (Wildman–Crippen LogP) is 2.24. The third kappa shape index (κ3) is 5.14. The van der Waals surface area contributed by atoms with Crippen molar-refractivity contribution in [2.45, 2.75) is 13.0 Å². The van der Waals surface area contributed by atoms with Crippen LogP contribution in [0.25, 0.3) is 0 Å². The van der Waals surface area contributed by atoms with E-state index in [1.807, 2.05) is 6.07 Å². The lowest BCUT2D eigenvalue weighted by molar-refractivity contribution is -0.121. The monoisotopic (exact) mass is 303 g/mol. The summed E-state index contributed by atoms with van der Waals surface area (Å²) >= 11 is 0. The first-order valence-corrected chi connectivity index (χ1v) is 6.97. The highest BCUT2D eigenvalue weighted by atomic mass is 19.1. The minimum atomic E-state index is -0.315. The van der Waals surface area contributed by atoms with Crippen molar-refractivity contribution in [1.29, 1.82) is 0 Å². The normalized spacial score (nSPS) is 10.3. The van der Waals surface area contributed by atoms with Crippen molar-refractivity contribution in [3.63, 3.8) is 0 Å². The number of aromatic nitrogens is 1. The number of carbonyl (C=O) groups is 1. The molecule has 5 nitrogen and oxygen atoms in total. The summed E-state index contributed by atoms with van der Waals surface area (Å²) in [6, 6.07) is 9.25. The number of ether oxygens (including phenoxy) is 1. The fourth-order valence-electron chi connectivity index (χ4n) is 1.73. The number of amides is 1. The van der Waals surface area contributed by atoms with Crippen LogP contribution in [0.1, 0.15) is 12.0 Å². The first kappa shape index (κ1) is 15.9. The van der Waals surface area contributed by atoms with E-state index >= 15 is 0 Å². The molecule has 0 radical (unpaired) electrons. The Morgan fingerprint density at radius 1 is 1.23 bits per heavy atom. The average Bonchev–Trinajstić information content (AvgIpc) is 2.54. The van der Waals surface area contributed by atoms with Crippen LogP contribution in [0.5, 0.6) is 11.6 Å². The van der Waals surface area contributed by atoms with Gasteiger partial charge in [-0.2, -0.15) is 0 Å². The molecule has 0 aliphatic rings. The molecule has 0 spiro atoms. The number of carbonyl (C=O) groups excluding carboxylic acids is 1. The third-order valence-electron chi connectivity index (χ3n) is 2.93. The Kier molecular flexibility index (Phi) is 5.85. The Hall–Kier alpha value is -2.47. The van der Waals surface area contributed by atoms with Gasteiger partial charge in [0.1, 0.15) is 11.6 Å². The van der Waals surface area contributed by atoms with Gasteiger partial charge in [0.25, 0.3) is 0 Å². The van der Waals surface area contributed by atoms with E-state index in [0.717, 1.165) is 5.56 Å². The zero-order valence-electron chi connectivity index (χ0n) is 12.3. The summed E-state index contributed by atoms with van der Waals surface area (Å²) in [6.07, 6.45) is 2.08. The standard InChI is InChI=1S/C16H18FN3O2/c1-18-9-8-15(21)19-10-12-2-7-16(20-11-12)22-14-5-3-13(17)4-6-14/h2-7,11,18H,8-10H2,1H3,(H,19,21). The summed E-state index contributed by atoms with van der Waals surface area (Å²) in [6.45, 7) is 1.07. The molecule has 0 unspecified atom stereocenters. The fourth-order valence-corrected chi connectivity index (χ4v) is 1.73. The topological polar surface area (TPSA) is 63.2 Å². The molecular formula is C16H18FN3O2.